The summed E-state index contributed by atoms with van der Waals surface area (Å²) < 4.78 is 4.32. The van der Waals surface area contributed by atoms with Gasteiger partial charge in [0.25, 0.3) is 0 Å². The van der Waals surface area contributed by atoms with E-state index in [4.69, 9.17) is 0 Å². The molecule has 0 spiro atoms. The molecule has 0 aromatic carbocycles. The predicted molar refractivity (Wildman–Crippen MR) is 60.8 cm³/mol. The third-order valence-electron chi connectivity index (χ3n) is 2.88. The number of hydrogen-bond acceptors (Lipinski definition) is 3. The minimum absolute atomic E-state index is 0.577. The van der Waals surface area contributed by atoms with Crippen LogP contribution in [-0.4, -0.2) is 10.9 Å². The average molecular weight is 210 g/mol. The Bertz CT molecular complexity index is 287. The maximum atomic E-state index is 4.32. The molecule has 14 heavy (non-hydrogen) atoms. The lowest BCUT2D eigenvalue weighted by Crippen LogP contribution is -2.26. The summed E-state index contributed by atoms with van der Waals surface area (Å²) in [6.45, 7) is 5.66. The molecule has 0 radical (unpaired) electrons. The van der Waals surface area contributed by atoms with Gasteiger partial charge in [0.1, 0.15) is 0 Å². The van der Waals surface area contributed by atoms with Crippen LogP contribution in [0.5, 0.6) is 0 Å². The van der Waals surface area contributed by atoms with Gasteiger partial charge in [-0.05, 0) is 42.4 Å². The number of hydrogen-bond donors (Lipinski definition) is 1. The van der Waals surface area contributed by atoms with Crippen LogP contribution in [0.3, 0.4) is 0 Å². The maximum Gasteiger partial charge on any atom is 0.0456 e. The Balaban J connectivity index is 2.17. The Morgan fingerprint density at radius 1 is 1.50 bits per heavy atom. The van der Waals surface area contributed by atoms with Gasteiger partial charge in [-0.25, -0.2) is 4.37 Å². The van der Waals surface area contributed by atoms with Crippen molar-refractivity contribution < 1.29 is 0 Å². The van der Waals surface area contributed by atoms with Gasteiger partial charge < -0.3 is 5.32 Å². The molecular weight excluding hydrogens is 192 g/mol. The second-order valence-corrected chi connectivity index (χ2v) is 5.14. The number of piperidine rings is 1. The van der Waals surface area contributed by atoms with Crippen molar-refractivity contribution in [3.8, 4) is 0 Å². The van der Waals surface area contributed by atoms with Crippen molar-refractivity contribution in [3.63, 3.8) is 0 Å². The zero-order chi connectivity index (χ0) is 9.97. The van der Waals surface area contributed by atoms with Gasteiger partial charge in [0.15, 0.2) is 0 Å². The minimum atomic E-state index is 0.577. The molecule has 3 heteroatoms. The van der Waals surface area contributed by atoms with E-state index in [0.29, 0.717) is 12.0 Å². The number of rotatable bonds is 2. The third-order valence-corrected chi connectivity index (χ3v) is 3.80. The lowest BCUT2D eigenvalue weighted by molar-refractivity contribution is 0.414. The van der Waals surface area contributed by atoms with Gasteiger partial charge in [-0.2, -0.15) is 0 Å². The average Bonchev–Trinajstić information content (AvgIpc) is 2.67. The first-order valence-corrected chi connectivity index (χ1v) is 6.24. The Morgan fingerprint density at radius 2 is 2.36 bits per heavy atom. The highest BCUT2D eigenvalue weighted by molar-refractivity contribution is 7.06. The van der Waals surface area contributed by atoms with E-state index >= 15 is 0 Å². The first-order valence-electron chi connectivity index (χ1n) is 5.47. The van der Waals surface area contributed by atoms with Gasteiger partial charge in [-0.15, -0.1) is 0 Å². The van der Waals surface area contributed by atoms with Gasteiger partial charge in [-0.3, -0.25) is 0 Å². The molecule has 0 aliphatic carbocycles. The van der Waals surface area contributed by atoms with Crippen molar-refractivity contribution in [1.29, 1.82) is 0 Å². The van der Waals surface area contributed by atoms with Crippen molar-refractivity contribution >= 4 is 11.5 Å². The molecule has 2 heterocycles. The van der Waals surface area contributed by atoms with E-state index in [-0.39, 0.29) is 0 Å². The van der Waals surface area contributed by atoms with E-state index in [1.54, 1.807) is 11.5 Å². The van der Waals surface area contributed by atoms with Crippen LogP contribution < -0.4 is 5.32 Å². The van der Waals surface area contributed by atoms with Crippen LogP contribution >= 0.6 is 11.5 Å². The summed E-state index contributed by atoms with van der Waals surface area (Å²) in [6, 6.07) is 0.577. The highest BCUT2D eigenvalue weighted by atomic mass is 32.1. The fraction of sp³-hybridized carbons (Fsp3) is 0.727. The fourth-order valence-electron chi connectivity index (χ4n) is 2.03. The summed E-state index contributed by atoms with van der Waals surface area (Å²) in [6.07, 6.45) is 6.00. The maximum absolute atomic E-state index is 4.32. The highest BCUT2D eigenvalue weighted by Gasteiger charge is 2.20. The molecule has 0 bridgehead atoms. The van der Waals surface area contributed by atoms with E-state index in [2.05, 4.69) is 23.5 Å². The fourth-order valence-corrected chi connectivity index (χ4v) is 3.03. The zero-order valence-corrected chi connectivity index (χ0v) is 9.73. The Labute approximate surface area is 89.9 Å². The van der Waals surface area contributed by atoms with Gasteiger partial charge in [0.2, 0.25) is 0 Å². The summed E-state index contributed by atoms with van der Waals surface area (Å²) in [5.74, 6) is 0.604. The molecule has 2 nitrogen and oxygen atoms in total. The summed E-state index contributed by atoms with van der Waals surface area (Å²) in [7, 11) is 0. The van der Waals surface area contributed by atoms with Gasteiger partial charge in [0.05, 0.1) is 0 Å². The van der Waals surface area contributed by atoms with Crippen LogP contribution in [0.1, 0.15) is 55.5 Å². The van der Waals surface area contributed by atoms with Crippen molar-refractivity contribution in [2.45, 2.75) is 45.1 Å². The second kappa shape index (κ2) is 4.41. The monoisotopic (exact) mass is 210 g/mol. The van der Waals surface area contributed by atoms with Crippen LogP contribution in [0, 0.1) is 0 Å². The second-order valence-electron chi connectivity index (χ2n) is 4.30. The Hall–Kier alpha value is -0.410. The molecule has 1 aliphatic rings. The molecule has 1 aromatic rings. The predicted octanol–water partition coefficient (Wildman–Crippen LogP) is 3.08. The Kier molecular flexibility index (Phi) is 3.19. The SMILES string of the molecule is CC(C)c1cnsc1C1CCCCN1. The molecular formula is C11H18N2S. The molecule has 0 amide bonds. The van der Waals surface area contributed by atoms with E-state index in [0.717, 1.165) is 0 Å². The quantitative estimate of drug-likeness (QED) is 0.811. The standard InChI is InChI=1S/C11H18N2S/c1-8(2)9-7-13-14-11(9)10-5-3-4-6-12-10/h7-8,10,12H,3-6H2,1-2H3. The van der Waals surface area contributed by atoms with Crippen LogP contribution in [0.2, 0.25) is 0 Å². The zero-order valence-electron chi connectivity index (χ0n) is 8.92. The van der Waals surface area contributed by atoms with Gasteiger partial charge in [0, 0.05) is 17.1 Å². The van der Waals surface area contributed by atoms with Gasteiger partial charge >= 0.3 is 0 Å². The molecule has 1 aliphatic heterocycles. The van der Waals surface area contributed by atoms with Crippen molar-refractivity contribution in [2.24, 2.45) is 0 Å². The van der Waals surface area contributed by atoms with Crippen LogP contribution in [0.25, 0.3) is 0 Å². The molecule has 1 N–H and O–H groups in total. The Morgan fingerprint density at radius 3 is 3.00 bits per heavy atom. The first-order chi connectivity index (χ1) is 6.79. The lowest BCUT2D eigenvalue weighted by Gasteiger charge is -2.23. The molecule has 78 valence electrons. The molecule has 2 rings (SSSR count). The minimum Gasteiger partial charge on any atom is -0.309 e. The topological polar surface area (TPSA) is 24.9 Å². The summed E-state index contributed by atoms with van der Waals surface area (Å²) in [5.41, 5.74) is 1.44. The summed E-state index contributed by atoms with van der Waals surface area (Å²) >= 11 is 1.67. The van der Waals surface area contributed by atoms with Crippen LogP contribution in [-0.2, 0) is 0 Å². The smallest absolute Gasteiger partial charge is 0.0456 e. The third kappa shape index (κ3) is 1.98. The molecule has 0 saturated carbocycles. The van der Waals surface area contributed by atoms with Crippen LogP contribution in [0.4, 0.5) is 0 Å². The van der Waals surface area contributed by atoms with E-state index in [1.807, 2.05) is 6.20 Å². The summed E-state index contributed by atoms with van der Waals surface area (Å²) in [4.78, 5) is 1.47. The first kappa shape index (κ1) is 10.1. The molecule has 1 saturated heterocycles. The largest absolute Gasteiger partial charge is 0.309 e. The molecule has 1 atom stereocenters. The number of nitrogens with zero attached hydrogens (tertiary/aromatic N) is 1. The van der Waals surface area contributed by atoms with E-state index < -0.39 is 0 Å². The van der Waals surface area contributed by atoms with Crippen molar-refractivity contribution in [1.82, 2.24) is 9.69 Å². The molecule has 1 fully saturated rings. The molecule has 1 aromatic heterocycles. The number of aromatic nitrogens is 1. The van der Waals surface area contributed by atoms with Crippen LogP contribution in [0.15, 0.2) is 6.20 Å². The lowest BCUT2D eigenvalue weighted by atomic mass is 9.97. The normalized spacial score (nSPS) is 22.9. The van der Waals surface area contributed by atoms with Crippen molar-refractivity contribution in [2.75, 3.05) is 6.54 Å². The van der Waals surface area contributed by atoms with E-state index in [1.165, 1.54) is 36.2 Å². The summed E-state index contributed by atoms with van der Waals surface area (Å²) in [5, 5.41) is 3.59. The van der Waals surface area contributed by atoms with Crippen molar-refractivity contribution in [3.05, 3.63) is 16.6 Å². The highest BCUT2D eigenvalue weighted by Crippen LogP contribution is 2.32. The van der Waals surface area contributed by atoms with E-state index in [9.17, 15) is 0 Å². The molecule has 1 unspecified atom stereocenters. The number of nitrogens with one attached hydrogen (secondary N) is 1. The van der Waals surface area contributed by atoms with Gasteiger partial charge in [-0.1, -0.05) is 20.3 Å².